The second-order valence-electron chi connectivity index (χ2n) is 3.76. The maximum atomic E-state index is 10.8. The van der Waals surface area contributed by atoms with Crippen molar-refractivity contribution < 1.29 is 4.79 Å². The molecule has 0 saturated heterocycles. The lowest BCUT2D eigenvalue weighted by Crippen LogP contribution is -1.94. The summed E-state index contributed by atoms with van der Waals surface area (Å²) in [6, 6.07) is 0. The predicted molar refractivity (Wildman–Crippen MR) is 56.8 cm³/mol. The van der Waals surface area contributed by atoms with Gasteiger partial charge in [-0.15, -0.1) is 0 Å². The van der Waals surface area contributed by atoms with E-state index in [0.29, 0.717) is 0 Å². The van der Waals surface area contributed by atoms with Crippen LogP contribution in [-0.2, 0) is 11.8 Å². The Morgan fingerprint density at radius 1 is 1.57 bits per heavy atom. The number of hydrogen-bond acceptors (Lipinski definition) is 2. The lowest BCUT2D eigenvalue weighted by atomic mass is 10.0. The molecule has 14 heavy (non-hydrogen) atoms. The van der Waals surface area contributed by atoms with Gasteiger partial charge in [-0.3, -0.25) is 9.48 Å². The molecule has 0 N–H and O–H groups in total. The molecule has 0 atom stereocenters. The van der Waals surface area contributed by atoms with Gasteiger partial charge in [0.2, 0.25) is 0 Å². The highest BCUT2D eigenvalue weighted by Gasteiger charge is 2.05. The third-order valence-corrected chi connectivity index (χ3v) is 2.18. The van der Waals surface area contributed by atoms with E-state index in [1.807, 2.05) is 40.1 Å². The van der Waals surface area contributed by atoms with Crippen molar-refractivity contribution in [2.45, 2.75) is 20.8 Å². The van der Waals surface area contributed by atoms with Crippen molar-refractivity contribution in [3.05, 3.63) is 23.0 Å². The van der Waals surface area contributed by atoms with Crippen molar-refractivity contribution in [3.8, 4) is 0 Å². The smallest absolute Gasteiger partial charge is 0.146 e. The molecule has 0 unspecified atom stereocenters. The Morgan fingerprint density at radius 2 is 2.21 bits per heavy atom. The molecule has 0 aromatic carbocycles. The molecule has 1 rings (SSSR count). The molecular weight excluding hydrogens is 176 g/mol. The Morgan fingerprint density at radius 3 is 2.57 bits per heavy atom. The Hall–Kier alpha value is -1.38. The molecule has 0 aliphatic heterocycles. The standard InChI is InChI=1S/C11H16N2O/c1-8(2)11(7-14)5-10-6-13(4)12-9(10)3/h5-8H,1-4H3. The quantitative estimate of drug-likeness (QED) is 0.542. The summed E-state index contributed by atoms with van der Waals surface area (Å²) >= 11 is 0. The molecule has 1 aromatic heterocycles. The van der Waals surface area contributed by atoms with E-state index in [0.717, 1.165) is 23.1 Å². The van der Waals surface area contributed by atoms with Gasteiger partial charge >= 0.3 is 0 Å². The second kappa shape index (κ2) is 4.22. The largest absolute Gasteiger partial charge is 0.298 e. The molecule has 0 saturated carbocycles. The predicted octanol–water partition coefficient (Wildman–Crippen LogP) is 1.97. The number of aldehydes is 1. The van der Waals surface area contributed by atoms with E-state index in [9.17, 15) is 4.79 Å². The van der Waals surface area contributed by atoms with Crippen molar-refractivity contribution >= 4 is 12.4 Å². The lowest BCUT2D eigenvalue weighted by molar-refractivity contribution is -0.105. The number of aryl methyl sites for hydroxylation is 2. The van der Waals surface area contributed by atoms with Gasteiger partial charge < -0.3 is 0 Å². The Bertz CT molecular complexity index is 361. The molecule has 1 heterocycles. The maximum absolute atomic E-state index is 10.8. The van der Waals surface area contributed by atoms with Crippen molar-refractivity contribution in [1.29, 1.82) is 0 Å². The zero-order valence-corrected chi connectivity index (χ0v) is 9.11. The number of rotatable bonds is 3. The van der Waals surface area contributed by atoms with Gasteiger partial charge in [-0.1, -0.05) is 13.8 Å². The van der Waals surface area contributed by atoms with Crippen LogP contribution in [0, 0.1) is 12.8 Å². The second-order valence-corrected chi connectivity index (χ2v) is 3.76. The summed E-state index contributed by atoms with van der Waals surface area (Å²) in [5, 5.41) is 4.21. The van der Waals surface area contributed by atoms with E-state index in [1.54, 1.807) is 4.68 Å². The zero-order valence-electron chi connectivity index (χ0n) is 9.11. The van der Waals surface area contributed by atoms with Crippen LogP contribution in [0.3, 0.4) is 0 Å². The highest BCUT2D eigenvalue weighted by molar-refractivity contribution is 5.82. The van der Waals surface area contributed by atoms with E-state index in [1.165, 1.54) is 0 Å². The van der Waals surface area contributed by atoms with E-state index >= 15 is 0 Å². The van der Waals surface area contributed by atoms with Crippen LogP contribution >= 0.6 is 0 Å². The third kappa shape index (κ3) is 2.31. The highest BCUT2D eigenvalue weighted by atomic mass is 16.1. The van der Waals surface area contributed by atoms with Gasteiger partial charge in [-0.05, 0) is 24.5 Å². The molecule has 0 fully saturated rings. The van der Waals surface area contributed by atoms with Crippen LogP contribution in [-0.4, -0.2) is 16.1 Å². The van der Waals surface area contributed by atoms with Crippen molar-refractivity contribution in [2.75, 3.05) is 0 Å². The van der Waals surface area contributed by atoms with Crippen LogP contribution in [0.2, 0.25) is 0 Å². The summed E-state index contributed by atoms with van der Waals surface area (Å²) in [5.41, 5.74) is 2.77. The summed E-state index contributed by atoms with van der Waals surface area (Å²) in [6.07, 6.45) is 4.73. The molecule has 1 aromatic rings. The number of nitrogens with zero attached hydrogens (tertiary/aromatic N) is 2. The van der Waals surface area contributed by atoms with Crippen LogP contribution in [0.5, 0.6) is 0 Å². The number of allylic oxidation sites excluding steroid dienone is 1. The van der Waals surface area contributed by atoms with Gasteiger partial charge in [0.25, 0.3) is 0 Å². The molecule has 3 nitrogen and oxygen atoms in total. The minimum absolute atomic E-state index is 0.257. The van der Waals surface area contributed by atoms with Crippen molar-refractivity contribution in [2.24, 2.45) is 13.0 Å². The minimum atomic E-state index is 0.257. The summed E-state index contributed by atoms with van der Waals surface area (Å²) in [5.74, 6) is 0.257. The first-order chi connectivity index (χ1) is 6.54. The van der Waals surface area contributed by atoms with Gasteiger partial charge in [0.15, 0.2) is 0 Å². The average molecular weight is 192 g/mol. The fraction of sp³-hybridized carbons (Fsp3) is 0.455. The van der Waals surface area contributed by atoms with Crippen LogP contribution in [0.15, 0.2) is 11.8 Å². The van der Waals surface area contributed by atoms with E-state index in [-0.39, 0.29) is 5.92 Å². The Balaban J connectivity index is 3.05. The van der Waals surface area contributed by atoms with Crippen LogP contribution in [0.4, 0.5) is 0 Å². The fourth-order valence-corrected chi connectivity index (χ4v) is 1.28. The topological polar surface area (TPSA) is 34.9 Å². The highest BCUT2D eigenvalue weighted by Crippen LogP contribution is 2.14. The van der Waals surface area contributed by atoms with Crippen LogP contribution < -0.4 is 0 Å². The van der Waals surface area contributed by atoms with E-state index in [4.69, 9.17) is 0 Å². The lowest BCUT2D eigenvalue weighted by Gasteiger charge is -2.02. The SMILES string of the molecule is Cc1nn(C)cc1C=C(C=O)C(C)C. The molecule has 0 bridgehead atoms. The van der Waals surface area contributed by atoms with Crippen molar-refractivity contribution in [3.63, 3.8) is 0 Å². The zero-order chi connectivity index (χ0) is 10.7. The molecule has 0 amide bonds. The third-order valence-electron chi connectivity index (χ3n) is 2.18. The van der Waals surface area contributed by atoms with E-state index in [2.05, 4.69) is 5.10 Å². The van der Waals surface area contributed by atoms with Gasteiger partial charge in [0.05, 0.1) is 5.69 Å². The Labute approximate surface area is 84.4 Å². The maximum Gasteiger partial charge on any atom is 0.146 e. The number of carbonyl (C=O) groups excluding carboxylic acids is 1. The van der Waals surface area contributed by atoms with Gasteiger partial charge in [0.1, 0.15) is 6.29 Å². The van der Waals surface area contributed by atoms with Gasteiger partial charge in [-0.25, -0.2) is 0 Å². The minimum Gasteiger partial charge on any atom is -0.298 e. The number of hydrogen-bond donors (Lipinski definition) is 0. The first-order valence-electron chi connectivity index (χ1n) is 4.71. The van der Waals surface area contributed by atoms with Crippen molar-refractivity contribution in [1.82, 2.24) is 9.78 Å². The van der Waals surface area contributed by atoms with Gasteiger partial charge in [0, 0.05) is 18.8 Å². The summed E-state index contributed by atoms with van der Waals surface area (Å²) in [7, 11) is 1.88. The molecule has 0 radical (unpaired) electrons. The molecule has 76 valence electrons. The Kier molecular flexibility index (Phi) is 3.23. The summed E-state index contributed by atoms with van der Waals surface area (Å²) in [6.45, 7) is 5.95. The molecule has 0 aliphatic carbocycles. The number of carbonyl (C=O) groups is 1. The monoisotopic (exact) mass is 192 g/mol. The van der Waals surface area contributed by atoms with Crippen LogP contribution in [0.25, 0.3) is 6.08 Å². The van der Waals surface area contributed by atoms with Crippen LogP contribution in [0.1, 0.15) is 25.1 Å². The van der Waals surface area contributed by atoms with E-state index < -0.39 is 0 Å². The fourth-order valence-electron chi connectivity index (χ4n) is 1.28. The molecule has 3 heteroatoms. The van der Waals surface area contributed by atoms with Gasteiger partial charge in [-0.2, -0.15) is 5.10 Å². The normalized spacial score (nSPS) is 12.2. The molecule has 0 aliphatic rings. The summed E-state index contributed by atoms with van der Waals surface area (Å²) in [4.78, 5) is 10.8. The first kappa shape index (κ1) is 10.7. The molecular formula is C11H16N2O. The molecule has 0 spiro atoms. The first-order valence-corrected chi connectivity index (χ1v) is 4.71. The summed E-state index contributed by atoms with van der Waals surface area (Å²) < 4.78 is 1.75. The average Bonchev–Trinajstić information content (AvgIpc) is 2.40. The number of aromatic nitrogens is 2.